The summed E-state index contributed by atoms with van der Waals surface area (Å²) in [6.45, 7) is 2.09. The third kappa shape index (κ3) is 2.63. The molecule has 0 unspecified atom stereocenters. The van der Waals surface area contributed by atoms with Crippen molar-refractivity contribution in [1.82, 2.24) is 9.97 Å². The average Bonchev–Trinajstić information content (AvgIpc) is 2.40. The number of nitrogens with two attached hydrogens (primary N) is 1. The second-order valence-corrected chi connectivity index (χ2v) is 3.72. The quantitative estimate of drug-likeness (QED) is 0.635. The van der Waals surface area contributed by atoms with E-state index in [1.54, 1.807) is 0 Å². The van der Waals surface area contributed by atoms with E-state index in [1.807, 2.05) is 24.3 Å². The number of amidine groups is 1. The Labute approximate surface area is 105 Å². The first-order valence-corrected chi connectivity index (χ1v) is 5.63. The Morgan fingerprint density at radius 2 is 1.89 bits per heavy atom. The van der Waals surface area contributed by atoms with Crippen molar-refractivity contribution in [2.24, 2.45) is 5.73 Å². The van der Waals surface area contributed by atoms with Crippen molar-refractivity contribution in [3.8, 4) is 11.6 Å². The molecule has 18 heavy (non-hydrogen) atoms. The average molecular weight is 242 g/mol. The summed E-state index contributed by atoms with van der Waals surface area (Å²) in [5.41, 5.74) is 6.89. The monoisotopic (exact) mass is 242 g/mol. The lowest BCUT2D eigenvalue weighted by atomic mass is 10.2. The number of hydrogen-bond donors (Lipinski definition) is 2. The standard InChI is InChI=1S/C13H14N4O/c1-2-9-3-5-10(6-4-9)18-13-11(12(14)15)16-7-8-17-13/h3-8H,2H2,1H3,(H3,14,15). The zero-order valence-electron chi connectivity index (χ0n) is 10.1. The number of nitrogens with zero attached hydrogens (tertiary/aromatic N) is 2. The summed E-state index contributed by atoms with van der Waals surface area (Å²) in [6.07, 6.45) is 3.95. The van der Waals surface area contributed by atoms with Gasteiger partial charge >= 0.3 is 0 Å². The molecule has 5 heteroatoms. The lowest BCUT2D eigenvalue weighted by Gasteiger charge is -2.08. The van der Waals surface area contributed by atoms with Crippen LogP contribution in [0.1, 0.15) is 18.2 Å². The normalized spacial score (nSPS) is 10.1. The Morgan fingerprint density at radius 1 is 1.22 bits per heavy atom. The fourth-order valence-corrected chi connectivity index (χ4v) is 1.49. The molecule has 1 aromatic carbocycles. The molecule has 2 rings (SSSR count). The van der Waals surface area contributed by atoms with E-state index in [0.717, 1.165) is 6.42 Å². The molecule has 0 amide bonds. The molecule has 2 aromatic rings. The highest BCUT2D eigenvalue weighted by Crippen LogP contribution is 2.21. The van der Waals surface area contributed by atoms with Gasteiger partial charge in [-0.05, 0) is 24.1 Å². The number of nitrogens with one attached hydrogen (secondary N) is 1. The highest BCUT2D eigenvalue weighted by atomic mass is 16.5. The van der Waals surface area contributed by atoms with Gasteiger partial charge in [0, 0.05) is 12.4 Å². The van der Waals surface area contributed by atoms with Gasteiger partial charge in [-0.1, -0.05) is 19.1 Å². The fraction of sp³-hybridized carbons (Fsp3) is 0.154. The molecule has 0 bridgehead atoms. The molecule has 92 valence electrons. The van der Waals surface area contributed by atoms with Gasteiger partial charge in [-0.15, -0.1) is 0 Å². The maximum Gasteiger partial charge on any atom is 0.249 e. The van der Waals surface area contributed by atoms with Gasteiger partial charge in [0.05, 0.1) is 0 Å². The van der Waals surface area contributed by atoms with E-state index in [4.69, 9.17) is 15.9 Å². The molecular weight excluding hydrogens is 228 g/mol. The maximum atomic E-state index is 7.40. The smallest absolute Gasteiger partial charge is 0.249 e. The van der Waals surface area contributed by atoms with Crippen LogP contribution < -0.4 is 10.5 Å². The van der Waals surface area contributed by atoms with Crippen molar-refractivity contribution in [3.63, 3.8) is 0 Å². The topological polar surface area (TPSA) is 84.9 Å². The summed E-state index contributed by atoms with van der Waals surface area (Å²) in [5, 5.41) is 7.40. The summed E-state index contributed by atoms with van der Waals surface area (Å²) < 4.78 is 5.58. The molecule has 3 N–H and O–H groups in total. The van der Waals surface area contributed by atoms with E-state index >= 15 is 0 Å². The highest BCUT2D eigenvalue weighted by Gasteiger charge is 2.10. The fourth-order valence-electron chi connectivity index (χ4n) is 1.49. The first-order chi connectivity index (χ1) is 8.70. The van der Waals surface area contributed by atoms with E-state index < -0.39 is 0 Å². The number of benzene rings is 1. The lowest BCUT2D eigenvalue weighted by molar-refractivity contribution is 0.458. The van der Waals surface area contributed by atoms with Crippen LogP contribution in [0.5, 0.6) is 11.6 Å². The molecule has 5 nitrogen and oxygen atoms in total. The predicted octanol–water partition coefficient (Wildman–Crippen LogP) is 2.12. The molecule has 0 atom stereocenters. The van der Waals surface area contributed by atoms with Crippen LogP contribution >= 0.6 is 0 Å². The Kier molecular flexibility index (Phi) is 3.52. The highest BCUT2D eigenvalue weighted by molar-refractivity contribution is 5.95. The number of ether oxygens (including phenoxy) is 1. The van der Waals surface area contributed by atoms with E-state index in [9.17, 15) is 0 Å². The molecule has 0 radical (unpaired) electrons. The van der Waals surface area contributed by atoms with Crippen molar-refractivity contribution < 1.29 is 4.74 Å². The van der Waals surface area contributed by atoms with Crippen LogP contribution in [-0.2, 0) is 6.42 Å². The predicted molar refractivity (Wildman–Crippen MR) is 68.9 cm³/mol. The van der Waals surface area contributed by atoms with Crippen molar-refractivity contribution in [3.05, 3.63) is 47.9 Å². The minimum absolute atomic E-state index is 0.164. The van der Waals surface area contributed by atoms with Crippen LogP contribution in [0.2, 0.25) is 0 Å². The molecule has 0 saturated carbocycles. The number of aromatic nitrogens is 2. The van der Waals surface area contributed by atoms with Crippen molar-refractivity contribution >= 4 is 5.84 Å². The molecular formula is C13H14N4O. The summed E-state index contributed by atoms with van der Waals surface area (Å²) in [6, 6.07) is 7.69. The number of aryl methyl sites for hydroxylation is 1. The Bertz CT molecular complexity index is 551. The van der Waals surface area contributed by atoms with Gasteiger partial charge < -0.3 is 10.5 Å². The Morgan fingerprint density at radius 3 is 2.50 bits per heavy atom. The Hall–Kier alpha value is -2.43. The molecule has 0 fully saturated rings. The van der Waals surface area contributed by atoms with E-state index in [0.29, 0.717) is 5.75 Å². The van der Waals surface area contributed by atoms with Crippen LogP contribution in [0.15, 0.2) is 36.7 Å². The molecule has 0 saturated heterocycles. The zero-order chi connectivity index (χ0) is 13.0. The van der Waals surface area contributed by atoms with E-state index in [-0.39, 0.29) is 17.4 Å². The van der Waals surface area contributed by atoms with Gasteiger partial charge in [-0.2, -0.15) is 0 Å². The SMILES string of the molecule is CCc1ccc(Oc2nccnc2C(=N)N)cc1. The third-order valence-corrected chi connectivity index (χ3v) is 2.47. The molecule has 1 heterocycles. The molecule has 1 aromatic heterocycles. The van der Waals surface area contributed by atoms with Crippen molar-refractivity contribution in [1.29, 1.82) is 5.41 Å². The van der Waals surface area contributed by atoms with Crippen molar-refractivity contribution in [2.75, 3.05) is 0 Å². The van der Waals surface area contributed by atoms with Crippen molar-refractivity contribution in [2.45, 2.75) is 13.3 Å². The largest absolute Gasteiger partial charge is 0.437 e. The third-order valence-electron chi connectivity index (χ3n) is 2.47. The summed E-state index contributed by atoms with van der Waals surface area (Å²) in [4.78, 5) is 8.00. The minimum Gasteiger partial charge on any atom is -0.437 e. The number of rotatable bonds is 4. The Balaban J connectivity index is 2.25. The second-order valence-electron chi connectivity index (χ2n) is 3.72. The van der Waals surface area contributed by atoms with Gasteiger partial charge in [-0.25, -0.2) is 9.97 Å². The van der Waals surface area contributed by atoms with Gasteiger partial charge in [0.15, 0.2) is 5.69 Å². The molecule has 0 aliphatic carbocycles. The van der Waals surface area contributed by atoms with Gasteiger partial charge in [0.2, 0.25) is 5.88 Å². The van der Waals surface area contributed by atoms with Crippen LogP contribution in [0.3, 0.4) is 0 Å². The minimum atomic E-state index is -0.164. The first kappa shape index (κ1) is 12.0. The molecule has 0 aliphatic heterocycles. The van der Waals surface area contributed by atoms with Crippen LogP contribution in [0, 0.1) is 5.41 Å². The van der Waals surface area contributed by atoms with Gasteiger partial charge in [-0.3, -0.25) is 5.41 Å². The maximum absolute atomic E-state index is 7.40. The first-order valence-electron chi connectivity index (χ1n) is 5.63. The lowest BCUT2D eigenvalue weighted by Crippen LogP contribution is -2.15. The van der Waals surface area contributed by atoms with Crippen LogP contribution in [0.25, 0.3) is 0 Å². The number of hydrogen-bond acceptors (Lipinski definition) is 4. The molecule has 0 spiro atoms. The zero-order valence-corrected chi connectivity index (χ0v) is 10.1. The van der Waals surface area contributed by atoms with E-state index in [1.165, 1.54) is 18.0 Å². The van der Waals surface area contributed by atoms with Gasteiger partial charge in [0.1, 0.15) is 11.6 Å². The van der Waals surface area contributed by atoms with Crippen LogP contribution in [0.4, 0.5) is 0 Å². The molecule has 0 aliphatic rings. The van der Waals surface area contributed by atoms with E-state index in [2.05, 4.69) is 16.9 Å². The van der Waals surface area contributed by atoms with Gasteiger partial charge in [0.25, 0.3) is 0 Å². The summed E-state index contributed by atoms with van der Waals surface area (Å²) in [5.74, 6) is 0.729. The second kappa shape index (κ2) is 5.27. The van der Waals surface area contributed by atoms with Crippen LogP contribution in [-0.4, -0.2) is 15.8 Å². The number of nitrogen functional groups attached to an aromatic ring is 1. The summed E-state index contributed by atoms with van der Waals surface area (Å²) in [7, 11) is 0. The summed E-state index contributed by atoms with van der Waals surface area (Å²) >= 11 is 0.